The molecule has 2 aliphatic heterocycles. The van der Waals surface area contributed by atoms with Crippen LogP contribution in [0.2, 0.25) is 0 Å². The molecule has 3 unspecified atom stereocenters. The van der Waals surface area contributed by atoms with Crippen molar-refractivity contribution in [1.29, 1.82) is 0 Å². The highest BCUT2D eigenvalue weighted by atomic mass is 32.1. The second-order valence-corrected chi connectivity index (χ2v) is 7.43. The fourth-order valence-corrected chi connectivity index (χ4v) is 4.83. The first-order chi connectivity index (χ1) is 9.56. The summed E-state index contributed by atoms with van der Waals surface area (Å²) in [5.41, 5.74) is 7.14. The normalized spacial score (nSPS) is 29.3. The molecule has 2 fully saturated rings. The van der Waals surface area contributed by atoms with E-state index >= 15 is 0 Å². The molecule has 4 nitrogen and oxygen atoms in total. The van der Waals surface area contributed by atoms with E-state index in [1.54, 1.807) is 11.3 Å². The minimum absolute atomic E-state index is 0.0969. The summed E-state index contributed by atoms with van der Waals surface area (Å²) >= 11 is 1.79. The van der Waals surface area contributed by atoms with E-state index in [2.05, 4.69) is 23.8 Å². The third-order valence-corrected chi connectivity index (χ3v) is 6.27. The number of nitrogens with zero attached hydrogens (tertiary/aromatic N) is 3. The second kappa shape index (κ2) is 5.62. The standard InChI is InChI=1S/C15H26N4S/c1-10(16)14-11(2)17-15(20-14)19-8-6-13-12(9-19)5-4-7-18(13)3/h10,12-13H,4-9,16H2,1-3H3. The molecule has 0 amide bonds. The van der Waals surface area contributed by atoms with E-state index in [-0.39, 0.29) is 6.04 Å². The quantitative estimate of drug-likeness (QED) is 0.910. The van der Waals surface area contributed by atoms with Gasteiger partial charge in [-0.25, -0.2) is 4.98 Å². The van der Waals surface area contributed by atoms with Gasteiger partial charge in [0.25, 0.3) is 0 Å². The number of aromatic nitrogens is 1. The number of hydrogen-bond acceptors (Lipinski definition) is 5. The number of nitrogens with two attached hydrogens (primary N) is 1. The number of aryl methyl sites for hydroxylation is 1. The van der Waals surface area contributed by atoms with Gasteiger partial charge in [0, 0.05) is 30.1 Å². The minimum Gasteiger partial charge on any atom is -0.348 e. The molecule has 3 atom stereocenters. The Kier molecular flexibility index (Phi) is 4.02. The van der Waals surface area contributed by atoms with Crippen LogP contribution in [0.4, 0.5) is 5.13 Å². The molecule has 3 rings (SSSR count). The monoisotopic (exact) mass is 294 g/mol. The largest absolute Gasteiger partial charge is 0.348 e. The van der Waals surface area contributed by atoms with Gasteiger partial charge in [0.05, 0.1) is 5.69 Å². The van der Waals surface area contributed by atoms with Crippen LogP contribution in [-0.4, -0.2) is 42.6 Å². The van der Waals surface area contributed by atoms with E-state index < -0.39 is 0 Å². The summed E-state index contributed by atoms with van der Waals surface area (Å²) in [4.78, 5) is 11.1. The lowest BCUT2D eigenvalue weighted by atomic mass is 9.84. The van der Waals surface area contributed by atoms with E-state index in [4.69, 9.17) is 10.7 Å². The lowest BCUT2D eigenvalue weighted by molar-refractivity contribution is 0.102. The van der Waals surface area contributed by atoms with Crippen molar-refractivity contribution in [3.05, 3.63) is 10.6 Å². The van der Waals surface area contributed by atoms with Crippen molar-refractivity contribution in [2.75, 3.05) is 31.6 Å². The summed E-state index contributed by atoms with van der Waals surface area (Å²) in [5, 5.41) is 1.18. The van der Waals surface area contributed by atoms with E-state index in [0.29, 0.717) is 0 Å². The zero-order chi connectivity index (χ0) is 14.3. The van der Waals surface area contributed by atoms with Crippen molar-refractivity contribution in [1.82, 2.24) is 9.88 Å². The molecule has 2 N–H and O–H groups in total. The van der Waals surface area contributed by atoms with E-state index in [1.807, 2.05) is 6.92 Å². The van der Waals surface area contributed by atoms with Crippen molar-refractivity contribution >= 4 is 16.5 Å². The number of likely N-dealkylation sites (tertiary alicyclic amines) is 1. The molecule has 20 heavy (non-hydrogen) atoms. The average molecular weight is 294 g/mol. The van der Waals surface area contributed by atoms with Crippen molar-refractivity contribution in [3.63, 3.8) is 0 Å². The molecule has 3 heterocycles. The highest BCUT2D eigenvalue weighted by Crippen LogP contribution is 2.35. The Balaban J connectivity index is 1.74. The third-order valence-electron chi connectivity index (χ3n) is 4.85. The Morgan fingerprint density at radius 2 is 2.15 bits per heavy atom. The number of piperidine rings is 2. The van der Waals surface area contributed by atoms with Crippen LogP contribution in [0.15, 0.2) is 0 Å². The van der Waals surface area contributed by atoms with Crippen molar-refractivity contribution < 1.29 is 0 Å². The smallest absolute Gasteiger partial charge is 0.185 e. The molecule has 2 aliphatic rings. The van der Waals surface area contributed by atoms with Gasteiger partial charge in [-0.2, -0.15) is 0 Å². The van der Waals surface area contributed by atoms with Crippen LogP contribution in [0.25, 0.3) is 0 Å². The second-order valence-electron chi connectivity index (χ2n) is 6.42. The van der Waals surface area contributed by atoms with Crippen LogP contribution in [0.1, 0.15) is 42.8 Å². The Labute approximate surface area is 126 Å². The van der Waals surface area contributed by atoms with E-state index in [0.717, 1.165) is 24.2 Å². The lowest BCUT2D eigenvalue weighted by Gasteiger charge is -2.45. The van der Waals surface area contributed by atoms with Crippen molar-refractivity contribution in [2.24, 2.45) is 11.7 Å². The molecular formula is C15H26N4S. The van der Waals surface area contributed by atoms with Gasteiger partial charge in [-0.15, -0.1) is 11.3 Å². The molecule has 1 aromatic rings. The summed E-state index contributed by atoms with van der Waals surface area (Å²) in [6.07, 6.45) is 3.98. The molecule has 0 radical (unpaired) electrons. The fraction of sp³-hybridized carbons (Fsp3) is 0.800. The maximum Gasteiger partial charge on any atom is 0.185 e. The summed E-state index contributed by atoms with van der Waals surface area (Å²) in [7, 11) is 2.29. The van der Waals surface area contributed by atoms with Gasteiger partial charge in [0.1, 0.15) is 0 Å². The summed E-state index contributed by atoms with van der Waals surface area (Å²) < 4.78 is 0. The van der Waals surface area contributed by atoms with Gasteiger partial charge < -0.3 is 15.5 Å². The first-order valence-corrected chi connectivity index (χ1v) is 8.56. The Hall–Kier alpha value is -0.650. The van der Waals surface area contributed by atoms with Crippen LogP contribution in [0, 0.1) is 12.8 Å². The van der Waals surface area contributed by atoms with Crippen molar-refractivity contribution in [2.45, 2.75) is 45.2 Å². The number of thiazole rings is 1. The molecule has 5 heteroatoms. The van der Waals surface area contributed by atoms with Crippen molar-refractivity contribution in [3.8, 4) is 0 Å². The number of hydrogen-bond donors (Lipinski definition) is 1. The van der Waals surface area contributed by atoms with Crippen LogP contribution in [0.5, 0.6) is 0 Å². The predicted octanol–water partition coefficient (Wildman–Crippen LogP) is 2.39. The third kappa shape index (κ3) is 2.59. The molecule has 0 bridgehead atoms. The first kappa shape index (κ1) is 14.3. The van der Waals surface area contributed by atoms with Crippen LogP contribution >= 0.6 is 11.3 Å². The Morgan fingerprint density at radius 1 is 1.35 bits per heavy atom. The van der Waals surface area contributed by atoms with Gasteiger partial charge in [-0.05, 0) is 52.6 Å². The van der Waals surface area contributed by atoms with Gasteiger partial charge in [-0.1, -0.05) is 0 Å². The van der Waals surface area contributed by atoms with Crippen LogP contribution < -0.4 is 10.6 Å². The maximum absolute atomic E-state index is 6.03. The summed E-state index contributed by atoms with van der Waals surface area (Å²) in [6.45, 7) is 7.70. The Bertz CT molecular complexity index is 470. The molecule has 0 saturated carbocycles. The lowest BCUT2D eigenvalue weighted by Crippen LogP contribution is -2.52. The maximum atomic E-state index is 6.03. The average Bonchev–Trinajstić information content (AvgIpc) is 2.81. The molecule has 2 saturated heterocycles. The van der Waals surface area contributed by atoms with E-state index in [9.17, 15) is 0 Å². The van der Waals surface area contributed by atoms with Crippen LogP contribution in [-0.2, 0) is 0 Å². The number of rotatable bonds is 2. The first-order valence-electron chi connectivity index (χ1n) is 7.74. The van der Waals surface area contributed by atoms with Gasteiger partial charge in [0.15, 0.2) is 5.13 Å². The predicted molar refractivity (Wildman–Crippen MR) is 85.4 cm³/mol. The number of fused-ring (bicyclic) bond motifs is 1. The molecule has 0 aromatic carbocycles. The number of anilines is 1. The van der Waals surface area contributed by atoms with Gasteiger partial charge in [0.2, 0.25) is 0 Å². The molecule has 0 spiro atoms. The highest BCUT2D eigenvalue weighted by Gasteiger charge is 2.35. The summed E-state index contributed by atoms with van der Waals surface area (Å²) in [6, 6.07) is 0.883. The zero-order valence-corrected chi connectivity index (χ0v) is 13.6. The SMILES string of the molecule is Cc1nc(N2CCC3C(CCCN3C)C2)sc1C(C)N. The molecule has 0 aliphatic carbocycles. The van der Waals surface area contributed by atoms with Crippen LogP contribution in [0.3, 0.4) is 0 Å². The summed E-state index contributed by atoms with van der Waals surface area (Å²) in [5.74, 6) is 0.811. The Morgan fingerprint density at radius 3 is 2.85 bits per heavy atom. The zero-order valence-electron chi connectivity index (χ0n) is 12.8. The topological polar surface area (TPSA) is 45.4 Å². The van der Waals surface area contributed by atoms with Gasteiger partial charge in [-0.3, -0.25) is 0 Å². The highest BCUT2D eigenvalue weighted by molar-refractivity contribution is 7.15. The van der Waals surface area contributed by atoms with E-state index in [1.165, 1.54) is 42.4 Å². The minimum atomic E-state index is 0.0969. The molecular weight excluding hydrogens is 268 g/mol. The van der Waals surface area contributed by atoms with Gasteiger partial charge >= 0.3 is 0 Å². The fourth-order valence-electron chi connectivity index (χ4n) is 3.78. The molecule has 112 valence electrons. The molecule has 1 aromatic heterocycles.